The number of hydrogen-bond donors (Lipinski definition) is 2. The number of carbonyl (C=O) groups is 1. The molecule has 0 saturated carbocycles. The number of halogens is 2. The van der Waals surface area contributed by atoms with Gasteiger partial charge in [0.15, 0.2) is 0 Å². The predicted molar refractivity (Wildman–Crippen MR) is 137 cm³/mol. The van der Waals surface area contributed by atoms with E-state index in [-0.39, 0.29) is 0 Å². The van der Waals surface area contributed by atoms with Crippen LogP contribution in [0.15, 0.2) is 66.7 Å². The predicted octanol–water partition coefficient (Wildman–Crippen LogP) is 8.37. The number of aliphatic carboxylic acids is 1. The number of para-hydroxylation sites is 2. The first-order valence-electron chi connectivity index (χ1n) is 10.8. The van der Waals surface area contributed by atoms with Gasteiger partial charge in [-0.25, -0.2) is 0 Å². The average molecular weight is 472 g/mol. The fourth-order valence-electron chi connectivity index (χ4n) is 3.26. The molecule has 0 aromatic heterocycles. The highest BCUT2D eigenvalue weighted by atomic mass is 35.5. The van der Waals surface area contributed by atoms with Crippen molar-refractivity contribution >= 4 is 40.5 Å². The molecular weight excluding hydrogens is 441 g/mol. The summed E-state index contributed by atoms with van der Waals surface area (Å²) in [4.78, 5) is 10.8. The van der Waals surface area contributed by atoms with Crippen LogP contribution in [0.2, 0.25) is 10.0 Å². The zero-order chi connectivity index (χ0) is 23.7. The summed E-state index contributed by atoms with van der Waals surface area (Å²) in [6.45, 7) is 8.18. The molecule has 0 aliphatic heterocycles. The minimum Gasteiger partial charge on any atom is -0.481 e. The van der Waals surface area contributed by atoms with Crippen molar-refractivity contribution < 1.29 is 9.90 Å². The number of rotatable bonds is 7. The van der Waals surface area contributed by atoms with Gasteiger partial charge in [-0.05, 0) is 60.6 Å². The molecule has 0 amide bonds. The molecule has 0 saturated heterocycles. The van der Waals surface area contributed by atoms with Crippen LogP contribution in [0.1, 0.15) is 50.3 Å². The SMILES string of the molecule is CC(C)Cc1ccc(C(C)C(=O)O)cc1.CCc1ccccc1Nc1c(Cl)cccc1Cl. The van der Waals surface area contributed by atoms with E-state index in [1.54, 1.807) is 6.92 Å². The largest absolute Gasteiger partial charge is 0.481 e. The zero-order valence-corrected chi connectivity index (χ0v) is 20.5. The Bertz CT molecular complexity index is 996. The lowest BCUT2D eigenvalue weighted by molar-refractivity contribution is -0.138. The summed E-state index contributed by atoms with van der Waals surface area (Å²) in [6, 6.07) is 21.5. The first kappa shape index (κ1) is 25.8. The Morgan fingerprint density at radius 3 is 2.03 bits per heavy atom. The number of aryl methyl sites for hydroxylation is 1. The van der Waals surface area contributed by atoms with Gasteiger partial charge in [-0.1, -0.05) is 92.5 Å². The van der Waals surface area contributed by atoms with Gasteiger partial charge in [0.1, 0.15) is 0 Å². The Morgan fingerprint density at radius 1 is 0.906 bits per heavy atom. The second kappa shape index (κ2) is 12.5. The molecule has 3 nitrogen and oxygen atoms in total. The normalized spacial score (nSPS) is 11.5. The Hall–Kier alpha value is -2.49. The van der Waals surface area contributed by atoms with Crippen LogP contribution in [-0.2, 0) is 17.6 Å². The van der Waals surface area contributed by atoms with E-state index < -0.39 is 11.9 Å². The first-order valence-corrected chi connectivity index (χ1v) is 11.6. The van der Waals surface area contributed by atoms with Gasteiger partial charge in [0, 0.05) is 5.69 Å². The maximum Gasteiger partial charge on any atom is 0.310 e. The molecule has 0 radical (unpaired) electrons. The lowest BCUT2D eigenvalue weighted by Crippen LogP contribution is -2.07. The van der Waals surface area contributed by atoms with Crippen LogP contribution in [-0.4, -0.2) is 11.1 Å². The summed E-state index contributed by atoms with van der Waals surface area (Å²) >= 11 is 12.3. The zero-order valence-electron chi connectivity index (χ0n) is 19.0. The van der Waals surface area contributed by atoms with E-state index in [4.69, 9.17) is 28.3 Å². The molecule has 0 fully saturated rings. The molecule has 170 valence electrons. The molecule has 0 spiro atoms. The van der Waals surface area contributed by atoms with Gasteiger partial charge in [-0.3, -0.25) is 4.79 Å². The number of nitrogens with one attached hydrogen (secondary N) is 1. The lowest BCUT2D eigenvalue weighted by Gasteiger charge is -2.13. The monoisotopic (exact) mass is 471 g/mol. The molecule has 32 heavy (non-hydrogen) atoms. The topological polar surface area (TPSA) is 49.3 Å². The summed E-state index contributed by atoms with van der Waals surface area (Å²) < 4.78 is 0. The van der Waals surface area contributed by atoms with E-state index in [0.717, 1.165) is 29.8 Å². The van der Waals surface area contributed by atoms with Crippen molar-refractivity contribution in [3.63, 3.8) is 0 Å². The van der Waals surface area contributed by atoms with Crippen LogP contribution in [0.25, 0.3) is 0 Å². The van der Waals surface area contributed by atoms with Gasteiger partial charge in [0.05, 0.1) is 21.7 Å². The van der Waals surface area contributed by atoms with Crippen LogP contribution < -0.4 is 5.32 Å². The third kappa shape index (κ3) is 7.58. The maximum absolute atomic E-state index is 10.8. The quantitative estimate of drug-likeness (QED) is 0.363. The summed E-state index contributed by atoms with van der Waals surface area (Å²) in [5.41, 5.74) is 5.19. The molecule has 0 bridgehead atoms. The molecule has 3 rings (SSSR count). The number of benzene rings is 3. The van der Waals surface area contributed by atoms with Gasteiger partial charge in [0.25, 0.3) is 0 Å². The van der Waals surface area contributed by atoms with E-state index in [1.807, 2.05) is 60.7 Å². The highest BCUT2D eigenvalue weighted by Gasteiger charge is 2.13. The van der Waals surface area contributed by atoms with E-state index in [9.17, 15) is 4.79 Å². The maximum atomic E-state index is 10.8. The highest BCUT2D eigenvalue weighted by Crippen LogP contribution is 2.33. The molecule has 5 heteroatoms. The van der Waals surface area contributed by atoms with Gasteiger partial charge in [-0.2, -0.15) is 0 Å². The highest BCUT2D eigenvalue weighted by molar-refractivity contribution is 6.39. The summed E-state index contributed by atoms with van der Waals surface area (Å²) in [5.74, 6) is -0.558. The fraction of sp³-hybridized carbons (Fsp3) is 0.296. The summed E-state index contributed by atoms with van der Waals surface area (Å²) in [5, 5.41) is 13.4. The van der Waals surface area contributed by atoms with Gasteiger partial charge >= 0.3 is 5.97 Å². The Labute approximate surface area is 201 Å². The smallest absolute Gasteiger partial charge is 0.310 e. The number of carboxylic acid groups (broad SMARTS) is 1. The fourth-order valence-corrected chi connectivity index (χ4v) is 3.75. The molecule has 0 heterocycles. The van der Waals surface area contributed by atoms with Crippen molar-refractivity contribution in [1.29, 1.82) is 0 Å². The van der Waals surface area contributed by atoms with Gasteiger partial charge < -0.3 is 10.4 Å². The van der Waals surface area contributed by atoms with E-state index >= 15 is 0 Å². The number of hydrogen-bond acceptors (Lipinski definition) is 2. The van der Waals surface area contributed by atoms with Gasteiger partial charge in [0.2, 0.25) is 0 Å². The standard InChI is InChI=1S/C14H13Cl2N.C13H18O2/c1-2-10-6-3-4-9-13(10)17-14-11(15)7-5-8-12(14)16;1-9(2)8-11-4-6-12(7-5-11)10(3)13(14)15/h3-9,17H,2H2,1H3;4-7,9-10H,8H2,1-3H3,(H,14,15). The minimum atomic E-state index is -0.772. The van der Waals surface area contributed by atoms with E-state index in [1.165, 1.54) is 11.1 Å². The third-order valence-corrected chi connectivity index (χ3v) is 5.74. The molecule has 1 unspecified atom stereocenters. The lowest BCUT2D eigenvalue weighted by atomic mass is 9.97. The summed E-state index contributed by atoms with van der Waals surface area (Å²) in [6.07, 6.45) is 2.01. The van der Waals surface area contributed by atoms with Crippen LogP contribution in [0.3, 0.4) is 0 Å². The molecule has 3 aromatic rings. The van der Waals surface area contributed by atoms with Crippen molar-refractivity contribution in [2.75, 3.05) is 5.32 Å². The Balaban J connectivity index is 0.000000229. The van der Waals surface area contributed by atoms with E-state index in [0.29, 0.717) is 16.0 Å². The van der Waals surface area contributed by atoms with Crippen molar-refractivity contribution in [3.05, 3.63) is 93.5 Å². The molecular formula is C27H31Cl2NO2. The number of carboxylic acids is 1. The third-order valence-electron chi connectivity index (χ3n) is 5.11. The van der Waals surface area contributed by atoms with Crippen molar-refractivity contribution in [3.8, 4) is 0 Å². The van der Waals surface area contributed by atoms with Crippen LogP contribution in [0.5, 0.6) is 0 Å². The average Bonchev–Trinajstić information content (AvgIpc) is 2.76. The second-order valence-electron chi connectivity index (χ2n) is 8.13. The minimum absolute atomic E-state index is 0.418. The first-order chi connectivity index (χ1) is 15.2. The molecule has 2 N–H and O–H groups in total. The Kier molecular flexibility index (Phi) is 10.1. The van der Waals surface area contributed by atoms with Crippen LogP contribution in [0.4, 0.5) is 11.4 Å². The van der Waals surface area contributed by atoms with Crippen molar-refractivity contribution in [2.45, 2.75) is 46.5 Å². The Morgan fingerprint density at radius 2 is 1.50 bits per heavy atom. The van der Waals surface area contributed by atoms with Gasteiger partial charge in [-0.15, -0.1) is 0 Å². The van der Waals surface area contributed by atoms with Crippen LogP contribution >= 0.6 is 23.2 Å². The van der Waals surface area contributed by atoms with Crippen LogP contribution in [0, 0.1) is 5.92 Å². The summed E-state index contributed by atoms with van der Waals surface area (Å²) in [7, 11) is 0. The molecule has 0 aliphatic carbocycles. The molecule has 0 aliphatic rings. The molecule has 3 aromatic carbocycles. The van der Waals surface area contributed by atoms with Crippen molar-refractivity contribution in [2.24, 2.45) is 5.92 Å². The molecule has 1 atom stereocenters. The van der Waals surface area contributed by atoms with E-state index in [2.05, 4.69) is 32.2 Å². The van der Waals surface area contributed by atoms with Crippen molar-refractivity contribution in [1.82, 2.24) is 0 Å². The second-order valence-corrected chi connectivity index (χ2v) is 8.95. The number of anilines is 2.